The molecule has 2 aromatic rings. The summed E-state index contributed by atoms with van der Waals surface area (Å²) in [4.78, 5) is 0. The molecule has 0 amide bonds. The summed E-state index contributed by atoms with van der Waals surface area (Å²) in [6, 6.07) is 21.4. The fourth-order valence-electron chi connectivity index (χ4n) is 5.91. The van der Waals surface area contributed by atoms with E-state index in [1.165, 1.54) is 40.4 Å². The predicted molar refractivity (Wildman–Crippen MR) is 148 cm³/mol. The summed E-state index contributed by atoms with van der Waals surface area (Å²) >= 11 is -0.826. The van der Waals surface area contributed by atoms with Crippen molar-refractivity contribution in [2.24, 2.45) is 5.41 Å². The van der Waals surface area contributed by atoms with Crippen molar-refractivity contribution in [1.82, 2.24) is 0 Å². The van der Waals surface area contributed by atoms with Crippen LogP contribution in [0.25, 0.3) is 12.2 Å². The van der Waals surface area contributed by atoms with E-state index < -0.39 is 29.2 Å². The standard InChI is InChI=1S/C29H37OSi.2ClH.Zr/c1-5-29(21-22-30-31(6-2,7-3)8-4,27-19-17-23-13-9-11-15-25(23)27)28-20-18-24-14-10-12-16-26(24)28;;;/h9-20,22,27-28H,5-8,21H2,1-4H3;2*1H;/q-1;;;+2/p-2. The van der Waals surface area contributed by atoms with Crippen LogP contribution in [0.3, 0.4) is 0 Å². The number of halogens is 2. The van der Waals surface area contributed by atoms with Gasteiger partial charge in [-0.05, 0) is 45.8 Å². The third kappa shape index (κ3) is 5.76. The fraction of sp³-hybridized carbons (Fsp3) is 0.414. The van der Waals surface area contributed by atoms with E-state index in [9.17, 15) is 0 Å². The summed E-state index contributed by atoms with van der Waals surface area (Å²) < 4.78 is 6.70. The summed E-state index contributed by atoms with van der Waals surface area (Å²) in [7, 11) is 8.22. The van der Waals surface area contributed by atoms with Crippen LogP contribution in [-0.4, -0.2) is 8.32 Å². The third-order valence-corrected chi connectivity index (χ3v) is 12.8. The Morgan fingerprint density at radius 1 is 0.824 bits per heavy atom. The molecule has 0 saturated carbocycles. The first-order valence-electron chi connectivity index (χ1n) is 12.5. The van der Waals surface area contributed by atoms with Crippen LogP contribution >= 0.6 is 17.0 Å². The van der Waals surface area contributed by atoms with Crippen LogP contribution in [0.2, 0.25) is 18.1 Å². The van der Waals surface area contributed by atoms with Gasteiger partial charge >= 0.3 is 37.9 Å². The van der Waals surface area contributed by atoms with Crippen molar-refractivity contribution in [2.45, 2.75) is 70.5 Å². The molecule has 0 aromatic heterocycles. The van der Waals surface area contributed by atoms with Gasteiger partial charge in [-0.3, -0.25) is 0 Å². The zero-order valence-electron chi connectivity index (χ0n) is 20.9. The Morgan fingerprint density at radius 2 is 1.26 bits per heavy atom. The Morgan fingerprint density at radius 3 is 1.68 bits per heavy atom. The summed E-state index contributed by atoms with van der Waals surface area (Å²) in [5, 5.41) is 0. The van der Waals surface area contributed by atoms with Crippen molar-refractivity contribution in [2.75, 3.05) is 0 Å². The van der Waals surface area contributed by atoms with Crippen molar-refractivity contribution in [3.63, 3.8) is 0 Å². The third-order valence-electron chi connectivity index (χ3n) is 8.23. The SMILES string of the molecule is CCC(C[CH-]O[Si](CC)(CC)CC)(C1C=Cc2ccccc21)C1C=Cc2ccccc21.[Cl][Zr][Cl]. The van der Waals surface area contributed by atoms with Crippen LogP contribution in [0.5, 0.6) is 0 Å². The van der Waals surface area contributed by atoms with E-state index in [2.05, 4.69) is 107 Å². The Bertz CT molecular complexity index is 916. The van der Waals surface area contributed by atoms with Crippen LogP contribution in [0.1, 0.15) is 74.6 Å². The number of benzene rings is 2. The van der Waals surface area contributed by atoms with Gasteiger partial charge in [-0.25, -0.2) is 6.61 Å². The molecule has 0 bridgehead atoms. The molecule has 0 aliphatic heterocycles. The second kappa shape index (κ2) is 13.2. The second-order valence-electron chi connectivity index (χ2n) is 9.32. The average Bonchev–Trinajstić information content (AvgIpc) is 3.51. The molecule has 2 atom stereocenters. The second-order valence-corrected chi connectivity index (χ2v) is 17.8. The number of hydrogen-bond donors (Lipinski definition) is 0. The molecule has 0 saturated heterocycles. The van der Waals surface area contributed by atoms with Gasteiger partial charge in [0.2, 0.25) is 0 Å². The van der Waals surface area contributed by atoms with Crippen molar-refractivity contribution >= 4 is 37.5 Å². The van der Waals surface area contributed by atoms with Gasteiger partial charge in [-0.2, -0.15) is 6.42 Å². The van der Waals surface area contributed by atoms with Gasteiger partial charge in [0.15, 0.2) is 8.32 Å². The van der Waals surface area contributed by atoms with Crippen LogP contribution in [0.15, 0.2) is 60.7 Å². The minimum absolute atomic E-state index is 0.0710. The van der Waals surface area contributed by atoms with E-state index in [0.29, 0.717) is 11.8 Å². The topological polar surface area (TPSA) is 9.23 Å². The predicted octanol–water partition coefficient (Wildman–Crippen LogP) is 9.95. The zero-order valence-corrected chi connectivity index (χ0v) is 25.8. The van der Waals surface area contributed by atoms with Gasteiger partial charge < -0.3 is 4.43 Å². The van der Waals surface area contributed by atoms with Gasteiger partial charge in [0.1, 0.15) is 0 Å². The Hall–Kier alpha value is -0.440. The van der Waals surface area contributed by atoms with Crippen molar-refractivity contribution in [1.29, 1.82) is 0 Å². The molecule has 0 N–H and O–H groups in total. The molecule has 5 heteroatoms. The number of allylic oxidation sites excluding steroid dienone is 2. The van der Waals surface area contributed by atoms with Crippen molar-refractivity contribution in [3.05, 3.63) is 89.5 Å². The quantitative estimate of drug-likeness (QED) is 0.197. The molecule has 2 unspecified atom stereocenters. The van der Waals surface area contributed by atoms with Gasteiger partial charge in [0, 0.05) is 11.8 Å². The maximum atomic E-state index is 6.70. The first-order chi connectivity index (χ1) is 16.5. The Balaban J connectivity index is 0.00000103. The van der Waals surface area contributed by atoms with E-state index in [4.69, 9.17) is 21.5 Å². The summed E-state index contributed by atoms with van der Waals surface area (Å²) in [5.41, 5.74) is 5.77. The zero-order chi connectivity index (χ0) is 24.6. The molecule has 34 heavy (non-hydrogen) atoms. The van der Waals surface area contributed by atoms with Crippen LogP contribution < -0.4 is 0 Å². The van der Waals surface area contributed by atoms with E-state index in [1.54, 1.807) is 0 Å². The van der Waals surface area contributed by atoms with E-state index >= 15 is 0 Å². The molecule has 2 aliphatic carbocycles. The molecule has 2 aromatic carbocycles. The minimum atomic E-state index is -1.64. The molecule has 2 aliphatic rings. The van der Waals surface area contributed by atoms with E-state index in [0.717, 1.165) is 12.8 Å². The van der Waals surface area contributed by atoms with Gasteiger partial charge in [0.05, 0.1) is 0 Å². The number of rotatable bonds is 10. The Kier molecular flexibility index (Phi) is 10.9. The van der Waals surface area contributed by atoms with Crippen molar-refractivity contribution < 1.29 is 25.3 Å². The molecule has 182 valence electrons. The molecule has 4 rings (SSSR count). The number of fused-ring (bicyclic) bond motifs is 2. The Labute approximate surface area is 226 Å². The summed E-state index contributed by atoms with van der Waals surface area (Å²) in [6.45, 7) is 11.5. The molecule has 1 nitrogen and oxygen atoms in total. The molecular formula is C29H37Cl2OSiZr-. The normalized spacial score (nSPS) is 19.7. The van der Waals surface area contributed by atoms with Crippen molar-refractivity contribution in [3.8, 4) is 0 Å². The maximum absolute atomic E-state index is 6.70. The molecule has 0 heterocycles. The first-order valence-corrected chi connectivity index (χ1v) is 21.4. The average molecular weight is 592 g/mol. The van der Waals surface area contributed by atoms with Gasteiger partial charge in [0.25, 0.3) is 0 Å². The van der Waals surface area contributed by atoms with Crippen LogP contribution in [-0.2, 0) is 25.3 Å². The molecule has 0 spiro atoms. The van der Waals surface area contributed by atoms with Crippen LogP contribution in [0, 0.1) is 12.0 Å². The van der Waals surface area contributed by atoms with E-state index in [-0.39, 0.29) is 5.41 Å². The summed E-state index contributed by atoms with van der Waals surface area (Å²) in [5.74, 6) is 0.797. The molecule has 0 radical (unpaired) electrons. The summed E-state index contributed by atoms with van der Waals surface area (Å²) in [6.07, 6.45) is 11.7. The number of hydrogen-bond acceptors (Lipinski definition) is 1. The first kappa shape index (κ1) is 28.1. The fourth-order valence-corrected chi connectivity index (χ4v) is 8.34. The van der Waals surface area contributed by atoms with E-state index in [1.807, 2.05) is 0 Å². The molecular weight excluding hydrogens is 555 g/mol. The van der Waals surface area contributed by atoms with Gasteiger partial charge in [-0.1, -0.05) is 107 Å². The monoisotopic (exact) mass is 589 g/mol. The molecule has 0 fully saturated rings. The van der Waals surface area contributed by atoms with Crippen LogP contribution in [0.4, 0.5) is 0 Å². The van der Waals surface area contributed by atoms with Gasteiger partial charge in [-0.15, -0.1) is 0 Å².